The summed E-state index contributed by atoms with van der Waals surface area (Å²) in [5.74, 6) is -0.923. The van der Waals surface area contributed by atoms with Crippen LogP contribution in [0.1, 0.15) is 25.6 Å². The maximum absolute atomic E-state index is 13.2. The lowest BCUT2D eigenvalue weighted by molar-refractivity contribution is 0.0600. The Morgan fingerprint density at radius 1 is 1.08 bits per heavy atom. The number of nitrogens with one attached hydrogen (secondary N) is 2. The van der Waals surface area contributed by atoms with E-state index in [4.69, 9.17) is 4.74 Å². The quantitative estimate of drug-likeness (QED) is 0.388. The van der Waals surface area contributed by atoms with E-state index in [1.54, 1.807) is 13.0 Å². The average molecular weight is 595 g/mol. The molecule has 1 amide bonds. The zero-order chi connectivity index (χ0) is 25.9. The molecule has 1 fully saturated rings. The molecule has 0 unspecified atom stereocenters. The number of sulfonamides is 1. The van der Waals surface area contributed by atoms with E-state index in [0.29, 0.717) is 33.8 Å². The molecule has 0 bridgehead atoms. The van der Waals surface area contributed by atoms with Crippen molar-refractivity contribution < 1.29 is 27.5 Å². The number of hydrogen-bond donors (Lipinski definition) is 2. The molecule has 1 aliphatic heterocycles. The van der Waals surface area contributed by atoms with Gasteiger partial charge in [-0.2, -0.15) is 0 Å². The third kappa shape index (κ3) is 5.72. The Labute approximate surface area is 221 Å². The molecule has 0 spiro atoms. The second kappa shape index (κ2) is 11.0. The van der Waals surface area contributed by atoms with Gasteiger partial charge in [-0.1, -0.05) is 6.07 Å². The van der Waals surface area contributed by atoms with Crippen LogP contribution in [-0.4, -0.2) is 53.7 Å². The largest absolute Gasteiger partial charge is 0.465 e. The van der Waals surface area contributed by atoms with Crippen molar-refractivity contribution in [2.45, 2.75) is 11.8 Å². The Balaban J connectivity index is 1.52. The van der Waals surface area contributed by atoms with Gasteiger partial charge in [0.15, 0.2) is 0 Å². The number of anilines is 3. The summed E-state index contributed by atoms with van der Waals surface area (Å²) in [6, 6.07) is 13.4. The predicted molar refractivity (Wildman–Crippen MR) is 143 cm³/mol. The minimum absolute atomic E-state index is 0.0169. The first kappa shape index (κ1) is 26.1. The number of carbonyl (C=O) groups excluding carboxylic acids is 2. The SMILES string of the molecule is COC(=O)c1ccc(NS(=O)(=O)c2c(Br)sc(C(=O)Nc3cccc(N4CCOCC4)c3)c2C)cc1. The molecule has 0 atom stereocenters. The number of halogens is 1. The highest BCUT2D eigenvalue weighted by Gasteiger charge is 2.28. The second-order valence-electron chi connectivity index (χ2n) is 7.94. The first-order chi connectivity index (χ1) is 17.2. The fourth-order valence-corrected chi connectivity index (χ4v) is 7.80. The molecule has 2 aromatic carbocycles. The van der Waals surface area contributed by atoms with Gasteiger partial charge in [-0.15, -0.1) is 11.3 Å². The summed E-state index contributed by atoms with van der Waals surface area (Å²) in [6.07, 6.45) is 0. The van der Waals surface area contributed by atoms with Gasteiger partial charge in [0.05, 0.1) is 34.6 Å². The fourth-order valence-electron chi connectivity index (χ4n) is 3.78. The van der Waals surface area contributed by atoms with Crippen LogP contribution >= 0.6 is 27.3 Å². The first-order valence-electron chi connectivity index (χ1n) is 10.9. The molecular weight excluding hydrogens is 570 g/mol. The standard InChI is InChI=1S/C24H24BrN3O6S2/c1-15-20(23(29)26-18-4-3-5-19(14-18)28-10-12-34-13-11-28)35-22(25)21(15)36(31,32)27-17-8-6-16(7-9-17)24(30)33-2/h3-9,14,27H,10-13H2,1-2H3,(H,26,29). The summed E-state index contributed by atoms with van der Waals surface area (Å²) < 4.78 is 39.2. The van der Waals surface area contributed by atoms with Gasteiger partial charge in [-0.3, -0.25) is 9.52 Å². The number of hydrogen-bond acceptors (Lipinski definition) is 8. The molecule has 0 saturated carbocycles. The number of nitrogens with zero attached hydrogens (tertiary/aromatic N) is 1. The molecular formula is C24H24BrN3O6S2. The van der Waals surface area contributed by atoms with Gasteiger partial charge in [0, 0.05) is 30.2 Å². The number of benzene rings is 2. The number of esters is 1. The van der Waals surface area contributed by atoms with E-state index in [9.17, 15) is 18.0 Å². The third-order valence-corrected chi connectivity index (χ3v) is 9.47. The van der Waals surface area contributed by atoms with E-state index in [1.165, 1.54) is 31.4 Å². The molecule has 190 valence electrons. The van der Waals surface area contributed by atoms with Crippen LogP contribution in [-0.2, 0) is 19.5 Å². The maximum atomic E-state index is 13.2. The highest BCUT2D eigenvalue weighted by atomic mass is 79.9. The Morgan fingerprint density at radius 2 is 1.78 bits per heavy atom. The zero-order valence-corrected chi connectivity index (χ0v) is 22.8. The highest BCUT2D eigenvalue weighted by Crippen LogP contribution is 2.37. The number of morpholine rings is 1. The molecule has 3 aromatic rings. The maximum Gasteiger partial charge on any atom is 0.337 e. The molecule has 9 nitrogen and oxygen atoms in total. The summed E-state index contributed by atoms with van der Waals surface area (Å²) in [7, 11) is -2.75. The Bertz CT molecular complexity index is 1380. The van der Waals surface area contributed by atoms with Crippen LogP contribution < -0.4 is 14.9 Å². The molecule has 2 heterocycles. The summed E-state index contributed by atoms with van der Waals surface area (Å²) in [4.78, 5) is 27.1. The fraction of sp³-hybridized carbons (Fsp3) is 0.250. The monoisotopic (exact) mass is 593 g/mol. The molecule has 4 rings (SSSR count). The number of thiophene rings is 1. The van der Waals surface area contributed by atoms with Gasteiger partial charge in [0.1, 0.15) is 4.90 Å². The molecule has 12 heteroatoms. The first-order valence-corrected chi connectivity index (χ1v) is 14.0. The van der Waals surface area contributed by atoms with Crippen LogP contribution in [0, 0.1) is 6.92 Å². The highest BCUT2D eigenvalue weighted by molar-refractivity contribution is 9.11. The Morgan fingerprint density at radius 3 is 2.44 bits per heavy atom. The summed E-state index contributed by atoms with van der Waals surface area (Å²) in [5, 5.41) is 2.88. The van der Waals surface area contributed by atoms with E-state index < -0.39 is 21.9 Å². The number of ether oxygens (including phenoxy) is 2. The molecule has 1 aromatic heterocycles. The lowest BCUT2D eigenvalue weighted by Crippen LogP contribution is -2.36. The van der Waals surface area contributed by atoms with Gasteiger partial charge in [-0.25, -0.2) is 13.2 Å². The van der Waals surface area contributed by atoms with Crippen molar-refractivity contribution in [3.8, 4) is 0 Å². The van der Waals surface area contributed by atoms with Gasteiger partial charge in [0.2, 0.25) is 0 Å². The van der Waals surface area contributed by atoms with Crippen molar-refractivity contribution in [1.29, 1.82) is 0 Å². The van der Waals surface area contributed by atoms with Gasteiger partial charge in [0.25, 0.3) is 15.9 Å². The van der Waals surface area contributed by atoms with E-state index in [0.717, 1.165) is 30.1 Å². The lowest BCUT2D eigenvalue weighted by atomic mass is 10.2. The summed E-state index contributed by atoms with van der Waals surface area (Å²) >= 11 is 4.36. The van der Waals surface area contributed by atoms with Crippen molar-refractivity contribution in [1.82, 2.24) is 0 Å². The van der Waals surface area contributed by atoms with Crippen LogP contribution in [0.4, 0.5) is 17.1 Å². The molecule has 1 aliphatic rings. The van der Waals surface area contributed by atoms with E-state index in [1.807, 2.05) is 18.2 Å². The Hall–Kier alpha value is -2.93. The minimum Gasteiger partial charge on any atom is -0.465 e. The van der Waals surface area contributed by atoms with E-state index in [-0.39, 0.29) is 15.5 Å². The average Bonchev–Trinajstić information content (AvgIpc) is 3.19. The van der Waals surface area contributed by atoms with E-state index in [2.05, 4.69) is 35.6 Å². The van der Waals surface area contributed by atoms with Crippen molar-refractivity contribution in [2.75, 3.05) is 48.4 Å². The van der Waals surface area contributed by atoms with Gasteiger partial charge >= 0.3 is 5.97 Å². The lowest BCUT2D eigenvalue weighted by Gasteiger charge is -2.29. The van der Waals surface area contributed by atoms with Crippen LogP contribution in [0.15, 0.2) is 57.2 Å². The zero-order valence-electron chi connectivity index (χ0n) is 19.5. The summed E-state index contributed by atoms with van der Waals surface area (Å²) in [6.45, 7) is 4.44. The number of carbonyl (C=O) groups is 2. The van der Waals surface area contributed by atoms with E-state index >= 15 is 0 Å². The van der Waals surface area contributed by atoms with Crippen molar-refractivity contribution in [3.63, 3.8) is 0 Å². The molecule has 1 saturated heterocycles. The summed E-state index contributed by atoms with van der Waals surface area (Å²) in [5.41, 5.74) is 2.48. The smallest absolute Gasteiger partial charge is 0.337 e. The van der Waals surface area contributed by atoms with Crippen molar-refractivity contribution >= 4 is 66.2 Å². The Kier molecular flexibility index (Phi) is 7.98. The second-order valence-corrected chi connectivity index (χ2v) is 11.9. The normalized spacial score (nSPS) is 13.8. The van der Waals surface area contributed by atoms with Crippen LogP contribution in [0.5, 0.6) is 0 Å². The number of methoxy groups -OCH3 is 1. The topological polar surface area (TPSA) is 114 Å². The van der Waals surface area contributed by atoms with Gasteiger partial charge < -0.3 is 19.7 Å². The van der Waals surface area contributed by atoms with Crippen LogP contribution in [0.2, 0.25) is 0 Å². The minimum atomic E-state index is -4.02. The molecule has 36 heavy (non-hydrogen) atoms. The number of rotatable bonds is 7. The number of amides is 1. The third-order valence-electron chi connectivity index (χ3n) is 5.56. The molecule has 2 N–H and O–H groups in total. The van der Waals surface area contributed by atoms with Crippen LogP contribution in [0.25, 0.3) is 0 Å². The van der Waals surface area contributed by atoms with Crippen molar-refractivity contribution in [3.05, 3.63) is 68.3 Å². The predicted octanol–water partition coefficient (Wildman–Crippen LogP) is 4.50. The van der Waals surface area contributed by atoms with Crippen LogP contribution in [0.3, 0.4) is 0 Å². The molecule has 0 radical (unpaired) electrons. The molecule has 0 aliphatic carbocycles. The van der Waals surface area contributed by atoms with Crippen molar-refractivity contribution in [2.24, 2.45) is 0 Å². The van der Waals surface area contributed by atoms with Gasteiger partial charge in [-0.05, 0) is 70.9 Å².